The molecule has 1 aliphatic heterocycles. The van der Waals surface area contributed by atoms with E-state index in [-0.39, 0.29) is 48.1 Å². The summed E-state index contributed by atoms with van der Waals surface area (Å²) in [6, 6.07) is 7.76. The average molecular weight is 901 g/mol. The van der Waals surface area contributed by atoms with Crippen molar-refractivity contribution in [1.82, 2.24) is 0 Å². The van der Waals surface area contributed by atoms with Crippen LogP contribution in [-0.4, -0.2) is 94.2 Å². The maximum Gasteiger partial charge on any atom is 0.328 e. The van der Waals surface area contributed by atoms with E-state index in [4.69, 9.17) is 33.2 Å². The predicted octanol–water partition coefficient (Wildman–Crippen LogP) is 11.6. The first-order valence-electron chi connectivity index (χ1n) is 23.6. The van der Waals surface area contributed by atoms with Gasteiger partial charge in [0.1, 0.15) is 5.75 Å². The van der Waals surface area contributed by atoms with E-state index >= 15 is 0 Å². The zero-order valence-electron chi connectivity index (χ0n) is 41.7. The molecule has 2 rings (SSSR count). The van der Waals surface area contributed by atoms with Crippen LogP contribution in [0.2, 0.25) is 16.6 Å². The van der Waals surface area contributed by atoms with Crippen molar-refractivity contribution in [3.05, 3.63) is 77.9 Å². The Morgan fingerprint density at radius 2 is 1.48 bits per heavy atom. The molecular weight excluding hydrogens is 813 g/mol. The first-order chi connectivity index (χ1) is 29.7. The van der Waals surface area contributed by atoms with Gasteiger partial charge in [-0.25, -0.2) is 4.79 Å². The monoisotopic (exact) mass is 901 g/mol. The zero-order chi connectivity index (χ0) is 47.4. The third-order valence-electron chi connectivity index (χ3n) is 13.7. The third kappa shape index (κ3) is 17.6. The van der Waals surface area contributed by atoms with Crippen molar-refractivity contribution >= 4 is 14.3 Å². The van der Waals surface area contributed by atoms with Gasteiger partial charge in [-0.05, 0) is 91.6 Å². The molecule has 0 radical (unpaired) electrons. The Labute approximate surface area is 383 Å². The van der Waals surface area contributed by atoms with Gasteiger partial charge in [-0.15, -0.1) is 0 Å². The number of carbonyl (C=O) groups is 1. The molecule has 1 aliphatic rings. The average Bonchev–Trinajstić information content (AvgIpc) is 3.24. The molecule has 0 unspecified atom stereocenters. The Morgan fingerprint density at radius 3 is 2.03 bits per heavy atom. The first-order valence-corrected chi connectivity index (χ1v) is 25.8. The van der Waals surface area contributed by atoms with Crippen molar-refractivity contribution in [1.29, 1.82) is 0 Å². The number of aliphatic hydroxyl groups excluding tert-OH is 2. The molecule has 1 aromatic rings. The fourth-order valence-corrected chi connectivity index (χ4v) is 15.2. The molecule has 0 spiro atoms. The van der Waals surface area contributed by atoms with Gasteiger partial charge >= 0.3 is 5.97 Å². The molecule has 10 nitrogen and oxygen atoms in total. The standard InChI is InChI=1S/C52H88O10Si/c1-34(2)63(35(3)4,36(5)6)60-33-40(10)50(56)41(11)46(53)21-19-20-45(58-14)32-37(7)24-25-38(8)47(59-15)31-26-39(9)51-42(12)48(22-17-16-18-23-49(54)55)61-52(62-51)43-27-29-44(57-13)30-28-43/h16-20,23,25,27-30,34-37,39-42,45-48,50-53,56H,21-22,24,26,31-33H2,1-15H3,(H,54,55)/b17-16+,20-19+,23-18+,38-25+/t37-,39-,40+,41-,42-,45+,46+,47+,48-,50+,51-,52+/m1/s1. The van der Waals surface area contributed by atoms with Crippen molar-refractivity contribution in [2.24, 2.45) is 29.6 Å². The van der Waals surface area contributed by atoms with Crippen LogP contribution < -0.4 is 4.74 Å². The number of aliphatic carboxylic acids is 1. The van der Waals surface area contributed by atoms with Crippen molar-refractivity contribution in [3.63, 3.8) is 0 Å². The summed E-state index contributed by atoms with van der Waals surface area (Å²) in [4.78, 5) is 10.9. The number of carboxylic acids is 1. The van der Waals surface area contributed by atoms with Crippen LogP contribution in [0.1, 0.15) is 133 Å². The minimum absolute atomic E-state index is 0.0246. The van der Waals surface area contributed by atoms with E-state index in [2.05, 4.69) is 75.3 Å². The van der Waals surface area contributed by atoms with E-state index < -0.39 is 32.8 Å². The largest absolute Gasteiger partial charge is 0.497 e. The highest BCUT2D eigenvalue weighted by atomic mass is 28.4. The Balaban J connectivity index is 1.98. The van der Waals surface area contributed by atoms with Crippen LogP contribution in [0.4, 0.5) is 0 Å². The summed E-state index contributed by atoms with van der Waals surface area (Å²) >= 11 is 0. The van der Waals surface area contributed by atoms with Gasteiger partial charge < -0.3 is 43.4 Å². The fourth-order valence-electron chi connectivity index (χ4n) is 9.64. The Bertz CT molecular complexity index is 1530. The van der Waals surface area contributed by atoms with Crippen LogP contribution in [0.25, 0.3) is 0 Å². The molecule has 0 bridgehead atoms. The molecule has 1 heterocycles. The van der Waals surface area contributed by atoms with Crippen molar-refractivity contribution in [2.75, 3.05) is 27.9 Å². The van der Waals surface area contributed by atoms with E-state index in [0.29, 0.717) is 42.0 Å². The number of ether oxygens (including phenoxy) is 5. The van der Waals surface area contributed by atoms with Crippen molar-refractivity contribution in [2.45, 2.75) is 181 Å². The highest BCUT2D eigenvalue weighted by molar-refractivity contribution is 6.77. The maximum absolute atomic E-state index is 11.2. The fraction of sp³-hybridized carbons (Fsp3) is 0.712. The molecule has 3 N–H and O–H groups in total. The minimum atomic E-state index is -2.04. The Morgan fingerprint density at radius 1 is 0.841 bits per heavy atom. The van der Waals surface area contributed by atoms with Gasteiger partial charge in [-0.2, -0.15) is 0 Å². The lowest BCUT2D eigenvalue weighted by atomic mass is 9.83. The first kappa shape index (κ1) is 56.5. The molecule has 12 atom stereocenters. The van der Waals surface area contributed by atoms with Gasteiger partial charge in [-0.3, -0.25) is 0 Å². The summed E-state index contributed by atoms with van der Waals surface area (Å²) in [5, 5.41) is 31.3. The van der Waals surface area contributed by atoms with Crippen LogP contribution in [0.5, 0.6) is 5.75 Å². The zero-order valence-corrected chi connectivity index (χ0v) is 42.7. The van der Waals surface area contributed by atoms with Gasteiger partial charge in [0.15, 0.2) is 14.6 Å². The number of aliphatic hydroxyl groups is 2. The summed E-state index contributed by atoms with van der Waals surface area (Å²) < 4.78 is 37.2. The van der Waals surface area contributed by atoms with E-state index in [9.17, 15) is 15.0 Å². The normalized spacial score (nSPS) is 23.1. The molecule has 0 aromatic heterocycles. The summed E-state index contributed by atoms with van der Waals surface area (Å²) in [6.45, 7) is 26.9. The molecule has 1 saturated heterocycles. The highest BCUT2D eigenvalue weighted by Gasteiger charge is 2.46. The maximum atomic E-state index is 11.2. The SMILES string of the molecule is COc1ccc([C@@H]2O[C@H]([C@H](C)CC[C@H](OC)/C(C)=C/C[C@@H](C)C[C@H](/C=C/C[C@H](O)[C@@H](C)[C@@H](O)[C@@H](C)CO[Si](C(C)C)(C(C)C)C(C)C)OC)[C@H](C)[C@@H](C/C=C/C=C/C(=O)O)O2)cc1. The molecule has 0 aliphatic carbocycles. The van der Waals surface area contributed by atoms with E-state index in [1.54, 1.807) is 27.4 Å². The van der Waals surface area contributed by atoms with Crippen molar-refractivity contribution in [3.8, 4) is 5.75 Å². The lowest BCUT2D eigenvalue weighted by Crippen LogP contribution is -2.49. The molecule has 1 fully saturated rings. The number of hydrogen-bond acceptors (Lipinski definition) is 9. The number of hydrogen-bond donors (Lipinski definition) is 3. The summed E-state index contributed by atoms with van der Waals surface area (Å²) in [5.74, 6) is 0.0753. The number of methoxy groups -OCH3 is 3. The highest BCUT2D eigenvalue weighted by Crippen LogP contribution is 2.43. The molecule has 360 valence electrons. The second-order valence-electron chi connectivity index (χ2n) is 19.4. The molecule has 0 amide bonds. The van der Waals surface area contributed by atoms with Crippen LogP contribution in [0.15, 0.2) is 72.4 Å². The van der Waals surface area contributed by atoms with E-state index in [1.165, 1.54) is 11.6 Å². The van der Waals surface area contributed by atoms with Gasteiger partial charge in [0, 0.05) is 50.2 Å². The van der Waals surface area contributed by atoms with Crippen LogP contribution in [0, 0.1) is 29.6 Å². The minimum Gasteiger partial charge on any atom is -0.497 e. The molecule has 0 saturated carbocycles. The van der Waals surface area contributed by atoms with Crippen molar-refractivity contribution < 1.29 is 48.2 Å². The number of rotatable bonds is 29. The second kappa shape index (κ2) is 28.4. The second-order valence-corrected chi connectivity index (χ2v) is 24.8. The van der Waals surface area contributed by atoms with Gasteiger partial charge in [0.2, 0.25) is 0 Å². The smallest absolute Gasteiger partial charge is 0.328 e. The van der Waals surface area contributed by atoms with E-state index in [1.807, 2.05) is 56.3 Å². The van der Waals surface area contributed by atoms with E-state index in [0.717, 1.165) is 43.1 Å². The number of carboxylic acid groups (broad SMARTS) is 1. The third-order valence-corrected chi connectivity index (χ3v) is 19.8. The lowest BCUT2D eigenvalue weighted by molar-refractivity contribution is -0.280. The molecule has 11 heteroatoms. The predicted molar refractivity (Wildman–Crippen MR) is 258 cm³/mol. The van der Waals surface area contributed by atoms with Crippen LogP contribution >= 0.6 is 0 Å². The Hall–Kier alpha value is -2.61. The quantitative estimate of drug-likeness (QED) is 0.0309. The van der Waals surface area contributed by atoms with Crippen LogP contribution in [0.3, 0.4) is 0 Å². The summed E-state index contributed by atoms with van der Waals surface area (Å²) in [6.07, 6.45) is 15.1. The summed E-state index contributed by atoms with van der Waals surface area (Å²) in [5.41, 5.74) is 3.56. The van der Waals surface area contributed by atoms with Gasteiger partial charge in [0.05, 0.1) is 43.7 Å². The number of allylic oxidation sites excluding steroid dienone is 3. The van der Waals surface area contributed by atoms with Gasteiger partial charge in [0.25, 0.3) is 0 Å². The number of benzene rings is 1. The molecule has 1 aromatic carbocycles. The molecule has 63 heavy (non-hydrogen) atoms. The lowest BCUT2D eigenvalue weighted by Gasteiger charge is -2.43. The molecular formula is C52H88O10Si. The van der Waals surface area contributed by atoms with Gasteiger partial charge in [-0.1, -0.05) is 125 Å². The van der Waals surface area contributed by atoms with Crippen LogP contribution in [-0.2, 0) is 28.2 Å². The Kier molecular flexibility index (Phi) is 25.5. The summed E-state index contributed by atoms with van der Waals surface area (Å²) in [7, 11) is 3.11. The topological polar surface area (TPSA) is 133 Å².